The van der Waals surface area contributed by atoms with Crippen molar-refractivity contribution in [1.29, 1.82) is 0 Å². The Bertz CT molecular complexity index is 555. The second-order valence-electron chi connectivity index (χ2n) is 4.54. The van der Waals surface area contributed by atoms with Gasteiger partial charge in [-0.05, 0) is 72.0 Å². The van der Waals surface area contributed by atoms with E-state index >= 15 is 0 Å². The highest BCUT2D eigenvalue weighted by atomic mass is 127. The highest BCUT2D eigenvalue weighted by Gasteiger charge is 2.14. The minimum absolute atomic E-state index is 0.277. The molecule has 1 aromatic carbocycles. The van der Waals surface area contributed by atoms with Gasteiger partial charge in [0.2, 0.25) is 0 Å². The molecule has 1 aromatic heterocycles. The van der Waals surface area contributed by atoms with Gasteiger partial charge in [0.25, 0.3) is 0 Å². The summed E-state index contributed by atoms with van der Waals surface area (Å²) < 4.78 is 2.38. The second-order valence-corrected chi connectivity index (χ2v) is 6.62. The van der Waals surface area contributed by atoms with Crippen molar-refractivity contribution >= 4 is 38.5 Å². The summed E-state index contributed by atoms with van der Waals surface area (Å²) in [6, 6.07) is 10.9. The molecule has 1 heterocycles. The summed E-state index contributed by atoms with van der Waals surface area (Å²) in [5.41, 5.74) is 3.61. The molecule has 0 spiro atoms. The van der Waals surface area contributed by atoms with E-state index in [2.05, 4.69) is 86.1 Å². The Balaban J connectivity index is 2.24. The van der Waals surface area contributed by atoms with Crippen LogP contribution in [0.5, 0.6) is 0 Å². The van der Waals surface area contributed by atoms with Gasteiger partial charge in [-0.15, -0.1) is 0 Å². The molecule has 0 bridgehead atoms. The third kappa shape index (κ3) is 4.00. The fraction of sp³-hybridized carbons (Fsp3) is 0.267. The second kappa shape index (κ2) is 6.81. The molecule has 2 rings (SSSR count). The molecule has 1 unspecified atom stereocenters. The van der Waals surface area contributed by atoms with E-state index < -0.39 is 0 Å². The quantitative estimate of drug-likeness (QED) is 0.733. The Morgan fingerprint density at radius 3 is 2.74 bits per heavy atom. The van der Waals surface area contributed by atoms with Gasteiger partial charge < -0.3 is 5.32 Å². The number of rotatable bonds is 4. The molecule has 1 N–H and O–H groups in total. The van der Waals surface area contributed by atoms with Gasteiger partial charge in [0.05, 0.1) is 0 Å². The fourth-order valence-corrected chi connectivity index (χ4v) is 3.07. The van der Waals surface area contributed by atoms with Crippen molar-refractivity contribution in [2.24, 2.45) is 0 Å². The molecular formula is C15H16BrIN2. The lowest BCUT2D eigenvalue weighted by molar-refractivity contribution is 0.581. The first-order chi connectivity index (χ1) is 9.10. The average molecular weight is 431 g/mol. The maximum Gasteiger partial charge on any atom is 0.0422 e. The van der Waals surface area contributed by atoms with Crippen LogP contribution in [-0.2, 0) is 6.42 Å². The Morgan fingerprint density at radius 1 is 1.32 bits per heavy atom. The molecule has 4 heteroatoms. The van der Waals surface area contributed by atoms with Gasteiger partial charge in [0, 0.05) is 32.4 Å². The largest absolute Gasteiger partial charge is 0.313 e. The topological polar surface area (TPSA) is 24.9 Å². The molecule has 0 fully saturated rings. The summed E-state index contributed by atoms with van der Waals surface area (Å²) in [4.78, 5) is 4.49. The first kappa shape index (κ1) is 14.9. The van der Waals surface area contributed by atoms with E-state index in [0.717, 1.165) is 16.6 Å². The van der Waals surface area contributed by atoms with Crippen molar-refractivity contribution < 1.29 is 0 Å². The van der Waals surface area contributed by atoms with Crippen molar-refractivity contribution in [3.8, 4) is 0 Å². The van der Waals surface area contributed by atoms with E-state index in [-0.39, 0.29) is 6.04 Å². The molecule has 1 atom stereocenters. The molecule has 0 aliphatic heterocycles. The summed E-state index contributed by atoms with van der Waals surface area (Å²) >= 11 is 5.92. The van der Waals surface area contributed by atoms with E-state index in [4.69, 9.17) is 0 Å². The van der Waals surface area contributed by atoms with Crippen LogP contribution in [0.15, 0.2) is 41.0 Å². The van der Waals surface area contributed by atoms with Gasteiger partial charge in [-0.1, -0.05) is 22.0 Å². The zero-order valence-corrected chi connectivity index (χ0v) is 14.7. The standard InChI is InChI=1S/C15H16BrIN2/c1-10-3-5-12(19-9-10)8-15(18-2)13-7-11(16)4-6-14(13)17/h3-7,9,15,18H,8H2,1-2H3. The third-order valence-corrected chi connectivity index (χ3v) is 4.54. The van der Waals surface area contributed by atoms with Crippen LogP contribution in [0.1, 0.15) is 22.9 Å². The zero-order chi connectivity index (χ0) is 13.8. The molecule has 0 radical (unpaired) electrons. The van der Waals surface area contributed by atoms with Crippen molar-refractivity contribution in [2.45, 2.75) is 19.4 Å². The Morgan fingerprint density at radius 2 is 2.11 bits per heavy atom. The van der Waals surface area contributed by atoms with Gasteiger partial charge in [0.15, 0.2) is 0 Å². The summed E-state index contributed by atoms with van der Waals surface area (Å²) in [6.07, 6.45) is 2.82. The Labute approximate surface area is 136 Å². The minimum Gasteiger partial charge on any atom is -0.313 e. The number of aryl methyl sites for hydroxylation is 1. The van der Waals surface area contributed by atoms with Crippen LogP contribution in [0.2, 0.25) is 0 Å². The molecule has 19 heavy (non-hydrogen) atoms. The SMILES string of the molecule is CNC(Cc1ccc(C)cn1)c1cc(Br)ccc1I. The number of nitrogens with zero attached hydrogens (tertiary/aromatic N) is 1. The highest BCUT2D eigenvalue weighted by Crippen LogP contribution is 2.26. The maximum absolute atomic E-state index is 4.49. The van der Waals surface area contributed by atoms with Crippen LogP contribution in [-0.4, -0.2) is 12.0 Å². The molecule has 100 valence electrons. The lowest BCUT2D eigenvalue weighted by Gasteiger charge is -2.18. The number of hydrogen-bond acceptors (Lipinski definition) is 2. The van der Waals surface area contributed by atoms with Gasteiger partial charge in [0.1, 0.15) is 0 Å². The molecule has 0 saturated carbocycles. The number of pyridine rings is 1. The van der Waals surface area contributed by atoms with E-state index in [1.807, 2.05) is 13.2 Å². The lowest BCUT2D eigenvalue weighted by atomic mass is 10.0. The van der Waals surface area contributed by atoms with Gasteiger partial charge in [-0.2, -0.15) is 0 Å². The molecular weight excluding hydrogens is 415 g/mol. The first-order valence-electron chi connectivity index (χ1n) is 6.14. The minimum atomic E-state index is 0.277. The number of halogens is 2. The summed E-state index contributed by atoms with van der Waals surface area (Å²) in [6.45, 7) is 2.06. The Kier molecular flexibility index (Phi) is 5.36. The highest BCUT2D eigenvalue weighted by molar-refractivity contribution is 14.1. The Hall–Kier alpha value is -0.460. The molecule has 0 amide bonds. The molecule has 0 saturated heterocycles. The average Bonchev–Trinajstić information content (AvgIpc) is 2.41. The smallest absolute Gasteiger partial charge is 0.0422 e. The van der Waals surface area contributed by atoms with Crippen LogP contribution >= 0.6 is 38.5 Å². The normalized spacial score (nSPS) is 12.4. The summed E-state index contributed by atoms with van der Waals surface area (Å²) in [7, 11) is 2.00. The number of likely N-dealkylation sites (N-methyl/N-ethyl adjacent to an activating group) is 1. The van der Waals surface area contributed by atoms with Gasteiger partial charge in [-0.3, -0.25) is 4.98 Å². The fourth-order valence-electron chi connectivity index (χ4n) is 1.98. The van der Waals surface area contributed by atoms with Crippen LogP contribution in [0.3, 0.4) is 0 Å². The van der Waals surface area contributed by atoms with Crippen molar-refractivity contribution in [3.05, 3.63) is 61.4 Å². The zero-order valence-electron chi connectivity index (χ0n) is 11.0. The van der Waals surface area contributed by atoms with E-state index in [9.17, 15) is 0 Å². The third-order valence-electron chi connectivity index (χ3n) is 3.07. The van der Waals surface area contributed by atoms with Crippen LogP contribution < -0.4 is 5.32 Å². The predicted octanol–water partition coefficient (Wildman–Crippen LogP) is 4.26. The van der Waals surface area contributed by atoms with E-state index in [1.165, 1.54) is 14.7 Å². The predicted molar refractivity (Wildman–Crippen MR) is 91.3 cm³/mol. The summed E-state index contributed by atoms with van der Waals surface area (Å²) in [5.74, 6) is 0. The number of hydrogen-bond donors (Lipinski definition) is 1. The monoisotopic (exact) mass is 430 g/mol. The molecule has 0 aliphatic carbocycles. The van der Waals surface area contributed by atoms with Crippen molar-refractivity contribution in [3.63, 3.8) is 0 Å². The number of nitrogens with one attached hydrogen (secondary N) is 1. The van der Waals surface area contributed by atoms with E-state index in [1.54, 1.807) is 0 Å². The molecule has 2 nitrogen and oxygen atoms in total. The number of benzene rings is 1. The molecule has 2 aromatic rings. The maximum atomic E-state index is 4.49. The van der Waals surface area contributed by atoms with Gasteiger partial charge >= 0.3 is 0 Å². The van der Waals surface area contributed by atoms with Crippen molar-refractivity contribution in [1.82, 2.24) is 10.3 Å². The van der Waals surface area contributed by atoms with Crippen LogP contribution in [0.25, 0.3) is 0 Å². The first-order valence-corrected chi connectivity index (χ1v) is 8.01. The van der Waals surface area contributed by atoms with Crippen molar-refractivity contribution in [2.75, 3.05) is 7.05 Å². The van der Waals surface area contributed by atoms with Crippen LogP contribution in [0.4, 0.5) is 0 Å². The lowest BCUT2D eigenvalue weighted by Crippen LogP contribution is -2.20. The van der Waals surface area contributed by atoms with Crippen LogP contribution in [0, 0.1) is 10.5 Å². The molecule has 0 aliphatic rings. The van der Waals surface area contributed by atoms with Gasteiger partial charge in [-0.25, -0.2) is 0 Å². The summed E-state index contributed by atoms with van der Waals surface area (Å²) in [5, 5.41) is 3.38. The number of aromatic nitrogens is 1. The van der Waals surface area contributed by atoms with E-state index in [0.29, 0.717) is 0 Å².